The van der Waals surface area contributed by atoms with Crippen molar-refractivity contribution in [2.45, 2.75) is 51.6 Å². The standard InChI is InChI=1S/C15H25FN4O/c1-3-11-5-7-15(21,8-6-11)10-19-13-12(16)9-18-14(20-13)17-4-2/h9,11,21H,3-8,10H2,1-2H3,(H2,17,18,19,20). The van der Waals surface area contributed by atoms with Gasteiger partial charge in [-0.05, 0) is 38.5 Å². The monoisotopic (exact) mass is 296 g/mol. The SMILES string of the molecule is CCNc1ncc(F)c(NCC2(O)CCC(CC)CC2)n1. The van der Waals surface area contributed by atoms with Crippen molar-refractivity contribution in [2.24, 2.45) is 5.92 Å². The van der Waals surface area contributed by atoms with Crippen LogP contribution in [0.2, 0.25) is 0 Å². The van der Waals surface area contributed by atoms with E-state index in [2.05, 4.69) is 27.5 Å². The van der Waals surface area contributed by atoms with Crippen LogP contribution in [0.1, 0.15) is 46.0 Å². The summed E-state index contributed by atoms with van der Waals surface area (Å²) in [5.74, 6) is 0.749. The van der Waals surface area contributed by atoms with E-state index < -0.39 is 11.4 Å². The fraction of sp³-hybridized carbons (Fsp3) is 0.733. The highest BCUT2D eigenvalue weighted by atomic mass is 19.1. The summed E-state index contributed by atoms with van der Waals surface area (Å²) in [6, 6.07) is 0. The zero-order chi connectivity index (χ0) is 15.3. The van der Waals surface area contributed by atoms with Crippen molar-refractivity contribution < 1.29 is 9.50 Å². The maximum Gasteiger partial charge on any atom is 0.224 e. The molecule has 118 valence electrons. The fourth-order valence-corrected chi connectivity index (χ4v) is 2.78. The second-order valence-electron chi connectivity index (χ2n) is 5.85. The van der Waals surface area contributed by atoms with Gasteiger partial charge in [0.2, 0.25) is 5.95 Å². The number of nitrogens with one attached hydrogen (secondary N) is 2. The van der Waals surface area contributed by atoms with Crippen molar-refractivity contribution in [3.8, 4) is 0 Å². The average Bonchev–Trinajstić information content (AvgIpc) is 2.49. The Morgan fingerprint density at radius 1 is 1.33 bits per heavy atom. The number of anilines is 2. The predicted molar refractivity (Wildman–Crippen MR) is 81.8 cm³/mol. The molecule has 21 heavy (non-hydrogen) atoms. The molecular formula is C15H25FN4O. The molecule has 0 spiro atoms. The average molecular weight is 296 g/mol. The molecule has 0 bridgehead atoms. The summed E-state index contributed by atoms with van der Waals surface area (Å²) in [6.07, 6.45) is 5.88. The van der Waals surface area contributed by atoms with Gasteiger partial charge in [-0.1, -0.05) is 13.3 Å². The van der Waals surface area contributed by atoms with E-state index >= 15 is 0 Å². The maximum absolute atomic E-state index is 13.7. The van der Waals surface area contributed by atoms with E-state index in [1.165, 1.54) is 0 Å². The second kappa shape index (κ2) is 7.02. The van der Waals surface area contributed by atoms with E-state index in [-0.39, 0.29) is 5.82 Å². The van der Waals surface area contributed by atoms with Crippen molar-refractivity contribution in [3.05, 3.63) is 12.0 Å². The van der Waals surface area contributed by atoms with Gasteiger partial charge < -0.3 is 15.7 Å². The molecule has 1 aliphatic rings. The summed E-state index contributed by atoms with van der Waals surface area (Å²) in [5, 5.41) is 16.4. The predicted octanol–water partition coefficient (Wildman–Crippen LogP) is 2.79. The van der Waals surface area contributed by atoms with Gasteiger partial charge in [-0.2, -0.15) is 4.98 Å². The van der Waals surface area contributed by atoms with Crippen molar-refractivity contribution in [3.63, 3.8) is 0 Å². The lowest BCUT2D eigenvalue weighted by atomic mass is 9.78. The van der Waals surface area contributed by atoms with Gasteiger partial charge in [-0.15, -0.1) is 0 Å². The maximum atomic E-state index is 13.7. The summed E-state index contributed by atoms with van der Waals surface area (Å²) >= 11 is 0. The Labute approximate surface area is 125 Å². The van der Waals surface area contributed by atoms with Crippen LogP contribution >= 0.6 is 0 Å². The van der Waals surface area contributed by atoms with Gasteiger partial charge in [-0.3, -0.25) is 0 Å². The molecule has 1 aromatic rings. The van der Waals surface area contributed by atoms with Crippen LogP contribution in [0.5, 0.6) is 0 Å². The largest absolute Gasteiger partial charge is 0.388 e. The lowest BCUT2D eigenvalue weighted by Crippen LogP contribution is -2.40. The van der Waals surface area contributed by atoms with E-state index in [4.69, 9.17) is 0 Å². The quantitative estimate of drug-likeness (QED) is 0.753. The molecule has 1 aromatic heterocycles. The third-order valence-corrected chi connectivity index (χ3v) is 4.28. The zero-order valence-corrected chi connectivity index (χ0v) is 12.8. The number of aromatic nitrogens is 2. The minimum absolute atomic E-state index is 0.145. The molecular weight excluding hydrogens is 271 g/mol. The lowest BCUT2D eigenvalue weighted by molar-refractivity contribution is 0.00218. The fourth-order valence-electron chi connectivity index (χ4n) is 2.78. The van der Waals surface area contributed by atoms with Crippen LogP contribution in [0.25, 0.3) is 0 Å². The van der Waals surface area contributed by atoms with Gasteiger partial charge in [-0.25, -0.2) is 9.37 Å². The molecule has 0 atom stereocenters. The van der Waals surface area contributed by atoms with Crippen LogP contribution in [0.4, 0.5) is 16.2 Å². The number of aliphatic hydroxyl groups is 1. The summed E-state index contributed by atoms with van der Waals surface area (Å²) < 4.78 is 13.7. The van der Waals surface area contributed by atoms with Crippen LogP contribution in [0, 0.1) is 11.7 Å². The molecule has 3 N–H and O–H groups in total. The summed E-state index contributed by atoms with van der Waals surface area (Å²) in [4.78, 5) is 7.95. The minimum Gasteiger partial charge on any atom is -0.388 e. The van der Waals surface area contributed by atoms with Crippen LogP contribution in [0.3, 0.4) is 0 Å². The van der Waals surface area contributed by atoms with E-state index in [0.717, 1.165) is 38.3 Å². The van der Waals surface area contributed by atoms with Crippen LogP contribution in [0.15, 0.2) is 6.20 Å². The molecule has 5 nitrogen and oxygen atoms in total. The molecule has 1 saturated carbocycles. The van der Waals surface area contributed by atoms with Gasteiger partial charge in [0, 0.05) is 13.1 Å². The Hall–Kier alpha value is -1.43. The minimum atomic E-state index is -0.762. The summed E-state index contributed by atoms with van der Waals surface area (Å²) in [5.41, 5.74) is -0.762. The number of hydrogen-bond acceptors (Lipinski definition) is 5. The third-order valence-electron chi connectivity index (χ3n) is 4.28. The van der Waals surface area contributed by atoms with Crippen molar-refractivity contribution in [1.29, 1.82) is 0 Å². The number of nitrogens with zero attached hydrogens (tertiary/aromatic N) is 2. The Morgan fingerprint density at radius 2 is 2.05 bits per heavy atom. The second-order valence-corrected chi connectivity index (χ2v) is 5.85. The van der Waals surface area contributed by atoms with Crippen LogP contribution in [-0.4, -0.2) is 33.8 Å². The molecule has 0 amide bonds. The van der Waals surface area contributed by atoms with Gasteiger partial charge in [0.25, 0.3) is 0 Å². The molecule has 1 aliphatic carbocycles. The number of rotatable bonds is 6. The van der Waals surface area contributed by atoms with Crippen molar-refractivity contribution in [2.75, 3.05) is 23.7 Å². The first kappa shape index (κ1) is 15.9. The van der Waals surface area contributed by atoms with Gasteiger partial charge in [0.15, 0.2) is 11.6 Å². The van der Waals surface area contributed by atoms with Crippen molar-refractivity contribution in [1.82, 2.24) is 9.97 Å². The van der Waals surface area contributed by atoms with E-state index in [0.29, 0.717) is 25.0 Å². The summed E-state index contributed by atoms with van der Waals surface area (Å²) in [6.45, 7) is 5.11. The Morgan fingerprint density at radius 3 is 2.67 bits per heavy atom. The van der Waals surface area contributed by atoms with Gasteiger partial charge >= 0.3 is 0 Å². The lowest BCUT2D eigenvalue weighted by Gasteiger charge is -2.36. The Bertz CT molecular complexity index is 461. The normalized spacial score (nSPS) is 25.6. The van der Waals surface area contributed by atoms with E-state index in [1.54, 1.807) is 0 Å². The molecule has 1 heterocycles. The molecule has 6 heteroatoms. The van der Waals surface area contributed by atoms with Crippen molar-refractivity contribution >= 4 is 11.8 Å². The summed E-state index contributed by atoms with van der Waals surface area (Å²) in [7, 11) is 0. The molecule has 0 radical (unpaired) electrons. The first-order chi connectivity index (χ1) is 10.1. The third kappa shape index (κ3) is 4.27. The molecule has 0 saturated heterocycles. The number of halogens is 1. The Balaban J connectivity index is 1.94. The topological polar surface area (TPSA) is 70.1 Å². The molecule has 0 aliphatic heterocycles. The highest BCUT2D eigenvalue weighted by Gasteiger charge is 2.32. The first-order valence-corrected chi connectivity index (χ1v) is 7.79. The van der Waals surface area contributed by atoms with Crippen LogP contribution in [-0.2, 0) is 0 Å². The molecule has 0 aromatic carbocycles. The smallest absolute Gasteiger partial charge is 0.224 e. The van der Waals surface area contributed by atoms with Crippen LogP contribution < -0.4 is 10.6 Å². The molecule has 0 unspecified atom stereocenters. The van der Waals surface area contributed by atoms with Gasteiger partial charge in [0.05, 0.1) is 11.8 Å². The first-order valence-electron chi connectivity index (χ1n) is 7.79. The highest BCUT2D eigenvalue weighted by Crippen LogP contribution is 2.33. The molecule has 2 rings (SSSR count). The Kier molecular flexibility index (Phi) is 5.33. The zero-order valence-electron chi connectivity index (χ0n) is 12.8. The highest BCUT2D eigenvalue weighted by molar-refractivity contribution is 5.41. The number of hydrogen-bond donors (Lipinski definition) is 3. The molecule has 1 fully saturated rings. The van der Waals surface area contributed by atoms with E-state index in [9.17, 15) is 9.50 Å². The van der Waals surface area contributed by atoms with E-state index in [1.807, 2.05) is 6.92 Å². The van der Waals surface area contributed by atoms with Gasteiger partial charge in [0.1, 0.15) is 0 Å².